The molecule has 1 atom stereocenters. The number of aromatic nitrogens is 2. The fraction of sp³-hybridized carbons (Fsp3) is 0.379. The molecule has 3 aromatic rings. The number of anilines is 3. The Morgan fingerprint density at radius 2 is 1.88 bits per heavy atom. The quantitative estimate of drug-likeness (QED) is 0.475. The van der Waals surface area contributed by atoms with E-state index in [9.17, 15) is 9.59 Å². The highest BCUT2D eigenvalue weighted by Gasteiger charge is 2.36. The summed E-state index contributed by atoms with van der Waals surface area (Å²) in [4.78, 5) is 40.8. The first-order valence-corrected chi connectivity index (χ1v) is 13.3. The average molecular weight is 550 g/mol. The van der Waals surface area contributed by atoms with E-state index in [2.05, 4.69) is 15.5 Å². The van der Waals surface area contributed by atoms with Crippen molar-refractivity contribution in [3.05, 3.63) is 64.7 Å². The molecule has 1 unspecified atom stereocenters. The lowest BCUT2D eigenvalue weighted by atomic mass is 9.97. The number of fused-ring (bicyclic) bond motifs is 1. The van der Waals surface area contributed by atoms with Crippen molar-refractivity contribution in [3.63, 3.8) is 0 Å². The topological polar surface area (TPSA) is 93.7 Å². The molecule has 3 heterocycles. The summed E-state index contributed by atoms with van der Waals surface area (Å²) in [6, 6.07) is 8.33. The zero-order valence-corrected chi connectivity index (χ0v) is 23.3. The van der Waals surface area contributed by atoms with E-state index in [4.69, 9.17) is 9.97 Å². The van der Waals surface area contributed by atoms with Gasteiger partial charge >= 0.3 is 6.03 Å². The Morgan fingerprint density at radius 3 is 2.52 bits per heavy atom. The standard InChI is InChI=1S/C29H33F2N7O2/c1-16(2)33-27(39)18-10-9-17(3)20(13-18)24-21-14-32-29(40)38(25-22(30)7-6-8-23(25)31)26(21)35-28(34-24)37-12-11-19(15-37)36(4)5/h6-10,13,16,19H,11-12,14-15H2,1-5H3,(H,32,40)(H,33,39). The van der Waals surface area contributed by atoms with Crippen LogP contribution in [0.3, 0.4) is 0 Å². The summed E-state index contributed by atoms with van der Waals surface area (Å²) >= 11 is 0. The van der Waals surface area contributed by atoms with Gasteiger partial charge in [0.15, 0.2) is 5.82 Å². The lowest BCUT2D eigenvalue weighted by Gasteiger charge is -2.32. The predicted molar refractivity (Wildman–Crippen MR) is 150 cm³/mol. The number of nitrogens with one attached hydrogen (secondary N) is 2. The van der Waals surface area contributed by atoms with Gasteiger partial charge in [-0.2, -0.15) is 4.98 Å². The maximum absolute atomic E-state index is 15.0. The van der Waals surface area contributed by atoms with Gasteiger partial charge in [-0.05, 0) is 71.1 Å². The maximum atomic E-state index is 15.0. The highest BCUT2D eigenvalue weighted by molar-refractivity contribution is 6.02. The molecule has 5 rings (SSSR count). The van der Waals surface area contributed by atoms with Gasteiger partial charge in [-0.25, -0.2) is 23.5 Å². The number of hydrogen-bond donors (Lipinski definition) is 2. The summed E-state index contributed by atoms with van der Waals surface area (Å²) in [6.07, 6.45) is 0.888. The lowest BCUT2D eigenvalue weighted by Crippen LogP contribution is -2.43. The van der Waals surface area contributed by atoms with Crippen LogP contribution in [0.1, 0.15) is 41.8 Å². The number of benzene rings is 2. The fourth-order valence-corrected chi connectivity index (χ4v) is 5.13. The molecule has 2 aliphatic rings. The van der Waals surface area contributed by atoms with Crippen LogP contribution in [-0.2, 0) is 6.54 Å². The van der Waals surface area contributed by atoms with E-state index in [1.165, 1.54) is 6.07 Å². The molecule has 0 spiro atoms. The third-order valence-electron chi connectivity index (χ3n) is 7.32. The first-order chi connectivity index (χ1) is 19.0. The Kier molecular flexibility index (Phi) is 7.41. The predicted octanol–water partition coefficient (Wildman–Crippen LogP) is 4.37. The highest BCUT2D eigenvalue weighted by Crippen LogP contribution is 2.40. The van der Waals surface area contributed by atoms with Gasteiger partial charge in [0.2, 0.25) is 5.95 Å². The number of amides is 3. The molecule has 1 aromatic heterocycles. The van der Waals surface area contributed by atoms with Crippen LogP contribution in [0, 0.1) is 18.6 Å². The molecule has 11 heteroatoms. The third kappa shape index (κ3) is 5.08. The summed E-state index contributed by atoms with van der Waals surface area (Å²) in [5.41, 5.74) is 2.45. The Labute approximate surface area is 232 Å². The Balaban J connectivity index is 1.72. The van der Waals surface area contributed by atoms with E-state index in [0.29, 0.717) is 41.4 Å². The SMILES string of the molecule is Cc1ccc(C(=O)NC(C)C)cc1-c1nc(N2CCC(N(C)C)C2)nc2c1CNC(=O)N2c1c(F)cccc1F. The van der Waals surface area contributed by atoms with E-state index >= 15 is 8.78 Å². The number of hydrogen-bond acceptors (Lipinski definition) is 6. The van der Waals surface area contributed by atoms with Gasteiger partial charge in [0.25, 0.3) is 5.91 Å². The maximum Gasteiger partial charge on any atom is 0.328 e. The number of para-hydroxylation sites is 1. The van der Waals surface area contributed by atoms with Gasteiger partial charge in [0.05, 0.1) is 12.2 Å². The van der Waals surface area contributed by atoms with Crippen LogP contribution in [0.2, 0.25) is 0 Å². The molecule has 3 amide bonds. The summed E-state index contributed by atoms with van der Waals surface area (Å²) in [5.74, 6) is -1.54. The first kappa shape index (κ1) is 27.4. The van der Waals surface area contributed by atoms with E-state index in [1.54, 1.807) is 12.1 Å². The minimum atomic E-state index is -0.887. The number of carbonyl (C=O) groups excluding carboxylic acids is 2. The lowest BCUT2D eigenvalue weighted by molar-refractivity contribution is 0.0943. The summed E-state index contributed by atoms with van der Waals surface area (Å²) in [6.45, 7) is 7.06. The van der Waals surface area contributed by atoms with Crippen molar-refractivity contribution >= 4 is 29.4 Å². The number of rotatable bonds is 6. The Bertz CT molecular complexity index is 1460. The normalized spacial score (nSPS) is 16.9. The summed E-state index contributed by atoms with van der Waals surface area (Å²) < 4.78 is 30.0. The van der Waals surface area contributed by atoms with Crippen molar-refractivity contribution in [1.82, 2.24) is 25.5 Å². The number of aryl methyl sites for hydroxylation is 1. The molecule has 0 radical (unpaired) electrons. The molecule has 2 aliphatic heterocycles. The van der Waals surface area contributed by atoms with Crippen LogP contribution >= 0.6 is 0 Å². The van der Waals surface area contributed by atoms with Crippen LogP contribution in [0.4, 0.5) is 31.0 Å². The molecule has 0 bridgehead atoms. The molecule has 9 nitrogen and oxygen atoms in total. The van der Waals surface area contributed by atoms with Crippen molar-refractivity contribution in [1.29, 1.82) is 0 Å². The number of likely N-dealkylation sites (N-methyl/N-ethyl adjacent to an activating group) is 1. The van der Waals surface area contributed by atoms with Crippen LogP contribution < -0.4 is 20.4 Å². The third-order valence-corrected chi connectivity index (χ3v) is 7.32. The van der Waals surface area contributed by atoms with Crippen molar-refractivity contribution in [2.45, 2.75) is 45.8 Å². The van der Waals surface area contributed by atoms with Gasteiger partial charge in [0, 0.05) is 41.9 Å². The minimum absolute atomic E-state index is 0.0464. The van der Waals surface area contributed by atoms with E-state index in [-0.39, 0.29) is 30.4 Å². The van der Waals surface area contributed by atoms with Gasteiger partial charge in [-0.1, -0.05) is 12.1 Å². The second kappa shape index (κ2) is 10.8. The van der Waals surface area contributed by atoms with Gasteiger partial charge in [-0.3, -0.25) is 4.79 Å². The Hall–Kier alpha value is -4.12. The minimum Gasteiger partial charge on any atom is -0.350 e. The average Bonchev–Trinajstić information content (AvgIpc) is 3.40. The summed E-state index contributed by atoms with van der Waals surface area (Å²) in [7, 11) is 4.02. The zero-order chi connectivity index (χ0) is 28.7. The second-order valence-electron chi connectivity index (χ2n) is 10.7. The first-order valence-electron chi connectivity index (χ1n) is 13.3. The molecule has 1 fully saturated rings. The van der Waals surface area contributed by atoms with Crippen molar-refractivity contribution in [3.8, 4) is 11.3 Å². The van der Waals surface area contributed by atoms with Crippen molar-refractivity contribution < 1.29 is 18.4 Å². The number of halogens is 2. The largest absolute Gasteiger partial charge is 0.350 e. The molecule has 40 heavy (non-hydrogen) atoms. The van der Waals surface area contributed by atoms with Crippen molar-refractivity contribution in [2.24, 2.45) is 0 Å². The molecule has 2 N–H and O–H groups in total. The number of nitrogens with zero attached hydrogens (tertiary/aromatic N) is 5. The molecule has 210 valence electrons. The van der Waals surface area contributed by atoms with Gasteiger partial charge in [-0.15, -0.1) is 0 Å². The van der Waals surface area contributed by atoms with Gasteiger partial charge < -0.3 is 20.4 Å². The Morgan fingerprint density at radius 1 is 1.15 bits per heavy atom. The van der Waals surface area contributed by atoms with E-state index in [0.717, 1.165) is 29.0 Å². The molecule has 1 saturated heterocycles. The molecular weight excluding hydrogens is 516 g/mol. The smallest absolute Gasteiger partial charge is 0.328 e. The van der Waals surface area contributed by atoms with E-state index in [1.807, 2.05) is 45.8 Å². The molecule has 0 saturated carbocycles. The monoisotopic (exact) mass is 549 g/mol. The molecular formula is C29H33F2N7O2. The van der Waals surface area contributed by atoms with E-state index < -0.39 is 23.4 Å². The van der Waals surface area contributed by atoms with Gasteiger partial charge in [0.1, 0.15) is 17.3 Å². The van der Waals surface area contributed by atoms with Crippen LogP contribution in [0.5, 0.6) is 0 Å². The zero-order valence-electron chi connectivity index (χ0n) is 23.3. The van der Waals surface area contributed by atoms with Crippen molar-refractivity contribution in [2.75, 3.05) is 37.0 Å². The summed E-state index contributed by atoms with van der Waals surface area (Å²) in [5, 5.41) is 5.62. The number of carbonyl (C=O) groups is 2. The molecule has 2 aromatic carbocycles. The fourth-order valence-electron chi connectivity index (χ4n) is 5.13. The molecule has 0 aliphatic carbocycles. The second-order valence-corrected chi connectivity index (χ2v) is 10.7. The van der Waals surface area contributed by atoms with Crippen LogP contribution in [0.15, 0.2) is 36.4 Å². The number of urea groups is 1. The highest BCUT2D eigenvalue weighted by atomic mass is 19.1. The van der Waals surface area contributed by atoms with Crippen LogP contribution in [0.25, 0.3) is 11.3 Å². The van der Waals surface area contributed by atoms with Crippen LogP contribution in [-0.4, -0.2) is 66.1 Å².